The van der Waals surface area contributed by atoms with Crippen molar-refractivity contribution in [2.24, 2.45) is 0 Å². The van der Waals surface area contributed by atoms with Crippen molar-refractivity contribution in [2.45, 2.75) is 314 Å². The van der Waals surface area contributed by atoms with Gasteiger partial charge in [0.15, 0.2) is 24.6 Å². The second-order valence-corrected chi connectivity index (χ2v) is 22.3. The molecule has 1 fully saturated rings. The van der Waals surface area contributed by atoms with Gasteiger partial charge in [-0.3, -0.25) is 14.4 Å². The predicted octanol–water partition coefficient (Wildman–Crippen LogP) is 18.0. The minimum Gasteiger partial charge on any atom is -0.479 e. The first-order valence-electron chi connectivity index (χ1n) is 33.2. The summed E-state index contributed by atoms with van der Waals surface area (Å²) < 4.78 is 28.5. The van der Waals surface area contributed by atoms with Crippen LogP contribution in [0.15, 0.2) is 97.2 Å². The van der Waals surface area contributed by atoms with E-state index in [1.54, 1.807) is 0 Å². The predicted molar refractivity (Wildman–Crippen MR) is 340 cm³/mol. The van der Waals surface area contributed by atoms with Crippen LogP contribution in [0.5, 0.6) is 0 Å². The molecule has 0 amide bonds. The van der Waals surface area contributed by atoms with E-state index < -0.39 is 67.3 Å². The van der Waals surface area contributed by atoms with E-state index in [1.807, 2.05) is 0 Å². The zero-order chi connectivity index (χ0) is 60.3. The number of aliphatic hydroxyl groups is 2. The van der Waals surface area contributed by atoms with Crippen molar-refractivity contribution < 1.29 is 58.2 Å². The van der Waals surface area contributed by atoms with E-state index >= 15 is 0 Å². The quantitative estimate of drug-likeness (QED) is 0.0228. The summed E-state index contributed by atoms with van der Waals surface area (Å²) in [5.41, 5.74) is 0. The van der Waals surface area contributed by atoms with Gasteiger partial charge in [0.1, 0.15) is 18.8 Å². The first-order chi connectivity index (χ1) is 40.6. The summed E-state index contributed by atoms with van der Waals surface area (Å²) in [6.07, 6.45) is 65.0. The Balaban J connectivity index is 2.68. The molecule has 1 saturated heterocycles. The summed E-state index contributed by atoms with van der Waals surface area (Å²) in [6, 6.07) is 0. The van der Waals surface area contributed by atoms with E-state index in [2.05, 4.69) is 118 Å². The van der Waals surface area contributed by atoms with E-state index in [1.165, 1.54) is 77.0 Å². The molecule has 12 heteroatoms. The Kier molecular flexibility index (Phi) is 53.6. The molecule has 1 rings (SSSR count). The Morgan fingerprint density at radius 3 is 1.16 bits per heavy atom. The molecule has 1 aliphatic rings. The standard InChI is InChI=1S/C71H118O12/c1-4-7-10-13-16-19-22-25-28-31-32-35-36-39-42-45-48-51-54-57-63(72)79-60-62(81-64(73)58-55-52-49-46-43-40-37-33-29-26-23-20-17-14-11-8-5-2)61-80-71-69(67(76)66(75)68(83-71)70(77)78)82-65(74)59-56-53-50-47-44-41-38-34-30-27-24-21-18-15-12-9-6-3/h7-8,10-11,16-17,19-20,25-26,28-29,32,35,37,40,62,66-69,71,75-76H,4-6,9,12-15,18,21-24,27,30-31,33-34,36,38-39,41-61H2,1-3H3,(H,77,78)/b10-7-,11-8-,19-16-,20-17-,28-25-,29-26-,35-32-,40-37-. The second kappa shape index (κ2) is 58.0. The molecular formula is C71H118O12. The Labute approximate surface area is 504 Å². The Bertz CT molecular complexity index is 1810. The highest BCUT2D eigenvalue weighted by Crippen LogP contribution is 2.27. The molecule has 6 unspecified atom stereocenters. The molecule has 0 saturated carbocycles. The number of aliphatic hydroxyl groups excluding tert-OH is 2. The van der Waals surface area contributed by atoms with Crippen LogP contribution in [0.25, 0.3) is 0 Å². The molecule has 0 aliphatic carbocycles. The van der Waals surface area contributed by atoms with Crippen LogP contribution in [0.1, 0.15) is 278 Å². The molecule has 0 radical (unpaired) electrons. The van der Waals surface area contributed by atoms with Gasteiger partial charge in [0.25, 0.3) is 0 Å². The lowest BCUT2D eigenvalue weighted by molar-refractivity contribution is -0.301. The first kappa shape index (κ1) is 76.7. The molecule has 0 spiro atoms. The largest absolute Gasteiger partial charge is 0.479 e. The number of hydrogen-bond donors (Lipinski definition) is 3. The van der Waals surface area contributed by atoms with Gasteiger partial charge in [-0.15, -0.1) is 0 Å². The maximum absolute atomic E-state index is 13.2. The minimum atomic E-state index is -1.91. The monoisotopic (exact) mass is 1160 g/mol. The Morgan fingerprint density at radius 1 is 0.410 bits per heavy atom. The van der Waals surface area contributed by atoms with Gasteiger partial charge >= 0.3 is 23.9 Å². The fourth-order valence-corrected chi connectivity index (χ4v) is 9.65. The van der Waals surface area contributed by atoms with Gasteiger partial charge in [-0.25, -0.2) is 4.79 Å². The van der Waals surface area contributed by atoms with Crippen LogP contribution < -0.4 is 0 Å². The number of esters is 3. The summed E-state index contributed by atoms with van der Waals surface area (Å²) in [5, 5.41) is 31.6. The highest BCUT2D eigenvalue weighted by molar-refractivity contribution is 5.74. The molecule has 0 aromatic carbocycles. The third kappa shape index (κ3) is 47.6. The number of carbonyl (C=O) groups is 4. The van der Waals surface area contributed by atoms with Gasteiger partial charge < -0.3 is 39.0 Å². The van der Waals surface area contributed by atoms with Crippen molar-refractivity contribution in [3.05, 3.63) is 97.2 Å². The van der Waals surface area contributed by atoms with E-state index in [-0.39, 0.29) is 25.9 Å². The third-order valence-corrected chi connectivity index (χ3v) is 14.7. The number of carbonyl (C=O) groups excluding carboxylic acids is 3. The molecule has 1 heterocycles. The number of aliphatic carboxylic acids is 1. The van der Waals surface area contributed by atoms with Crippen molar-refractivity contribution in [2.75, 3.05) is 13.2 Å². The van der Waals surface area contributed by atoms with Crippen LogP contribution >= 0.6 is 0 Å². The normalized spacial score (nSPS) is 18.2. The van der Waals surface area contributed by atoms with Gasteiger partial charge in [-0.05, 0) is 96.3 Å². The number of hydrogen-bond acceptors (Lipinski definition) is 11. The molecule has 0 aromatic heterocycles. The van der Waals surface area contributed by atoms with Crippen molar-refractivity contribution >= 4 is 23.9 Å². The van der Waals surface area contributed by atoms with Gasteiger partial charge in [0.2, 0.25) is 0 Å². The highest BCUT2D eigenvalue weighted by atomic mass is 16.7. The molecule has 12 nitrogen and oxygen atoms in total. The van der Waals surface area contributed by atoms with Crippen molar-refractivity contribution in [3.63, 3.8) is 0 Å². The molecule has 3 N–H and O–H groups in total. The smallest absolute Gasteiger partial charge is 0.335 e. The van der Waals surface area contributed by atoms with Gasteiger partial charge in [-0.2, -0.15) is 0 Å². The van der Waals surface area contributed by atoms with Crippen molar-refractivity contribution in [1.29, 1.82) is 0 Å². The van der Waals surface area contributed by atoms with Crippen LogP contribution in [-0.2, 0) is 42.9 Å². The van der Waals surface area contributed by atoms with Gasteiger partial charge in [0, 0.05) is 19.3 Å². The lowest BCUT2D eigenvalue weighted by atomic mass is 9.98. The van der Waals surface area contributed by atoms with E-state index in [0.717, 1.165) is 141 Å². The van der Waals surface area contributed by atoms with Crippen molar-refractivity contribution in [1.82, 2.24) is 0 Å². The highest BCUT2D eigenvalue weighted by Gasteiger charge is 2.50. The molecule has 0 aromatic rings. The SMILES string of the molecule is CC/C=C\C/C=C\C/C=C\C/C=C\CCCCCCCCC(=O)OCC(COC1OC(C(=O)O)C(O)C(O)C1OC(=O)CCCCCCCCCCCCCCCCCCC)OC(=O)CCCCCC/C=C\C/C=C\C/C=C\C/C=C\CC. The zero-order valence-electron chi connectivity index (χ0n) is 52.4. The summed E-state index contributed by atoms with van der Waals surface area (Å²) in [6.45, 7) is 5.77. The van der Waals surface area contributed by atoms with Crippen LogP contribution in [-0.4, -0.2) is 89.2 Å². The summed E-state index contributed by atoms with van der Waals surface area (Å²) >= 11 is 0. The maximum Gasteiger partial charge on any atom is 0.335 e. The van der Waals surface area contributed by atoms with Crippen LogP contribution in [0, 0.1) is 0 Å². The number of carboxylic acid groups (broad SMARTS) is 1. The average molecular weight is 1160 g/mol. The Morgan fingerprint density at radius 2 is 0.759 bits per heavy atom. The van der Waals surface area contributed by atoms with E-state index in [9.17, 15) is 34.5 Å². The molecular weight excluding hydrogens is 1040 g/mol. The summed E-state index contributed by atoms with van der Waals surface area (Å²) in [4.78, 5) is 51.4. The topological polar surface area (TPSA) is 175 Å². The van der Waals surface area contributed by atoms with Crippen LogP contribution in [0.3, 0.4) is 0 Å². The first-order valence-corrected chi connectivity index (χ1v) is 33.2. The minimum absolute atomic E-state index is 0.0559. The van der Waals surface area contributed by atoms with Gasteiger partial charge in [-0.1, -0.05) is 259 Å². The number of carboxylic acids is 1. The van der Waals surface area contributed by atoms with E-state index in [4.69, 9.17) is 23.7 Å². The van der Waals surface area contributed by atoms with Gasteiger partial charge in [0.05, 0.1) is 6.61 Å². The molecule has 83 heavy (non-hydrogen) atoms. The molecule has 0 bridgehead atoms. The number of ether oxygens (including phenoxy) is 5. The summed E-state index contributed by atoms with van der Waals surface area (Å²) in [7, 11) is 0. The Hall–Kier alpha value is -4.36. The molecule has 474 valence electrons. The lowest BCUT2D eigenvalue weighted by Gasteiger charge is -2.40. The lowest BCUT2D eigenvalue weighted by Crippen LogP contribution is -2.61. The second-order valence-electron chi connectivity index (χ2n) is 22.3. The zero-order valence-corrected chi connectivity index (χ0v) is 52.4. The van der Waals surface area contributed by atoms with Crippen LogP contribution in [0.4, 0.5) is 0 Å². The van der Waals surface area contributed by atoms with E-state index in [0.29, 0.717) is 19.3 Å². The average Bonchev–Trinajstić information content (AvgIpc) is 3.59. The maximum atomic E-state index is 13.2. The fourth-order valence-electron chi connectivity index (χ4n) is 9.65. The number of unbranched alkanes of at least 4 members (excludes halogenated alkanes) is 26. The third-order valence-electron chi connectivity index (χ3n) is 14.7. The van der Waals surface area contributed by atoms with Crippen molar-refractivity contribution in [3.8, 4) is 0 Å². The number of allylic oxidation sites excluding steroid dienone is 16. The molecule has 1 aliphatic heterocycles. The summed E-state index contributed by atoms with van der Waals surface area (Å²) in [5.74, 6) is -3.16. The fraction of sp³-hybridized carbons (Fsp3) is 0.718. The number of rotatable bonds is 56. The molecule has 6 atom stereocenters. The van der Waals surface area contributed by atoms with Crippen LogP contribution in [0.2, 0.25) is 0 Å².